The van der Waals surface area contributed by atoms with Crippen molar-refractivity contribution >= 4 is 17.5 Å². The molecule has 1 unspecified atom stereocenters. The first-order valence-corrected chi connectivity index (χ1v) is 8.68. The van der Waals surface area contributed by atoms with Crippen LogP contribution in [-0.4, -0.2) is 41.4 Å². The Hall–Kier alpha value is -1.88. The van der Waals surface area contributed by atoms with Gasteiger partial charge < -0.3 is 10.6 Å². The lowest BCUT2D eigenvalue weighted by atomic mass is 9.94. The van der Waals surface area contributed by atoms with Gasteiger partial charge in [-0.2, -0.15) is 0 Å². The Morgan fingerprint density at radius 2 is 1.71 bits per heavy atom. The van der Waals surface area contributed by atoms with Gasteiger partial charge in [-0.25, -0.2) is 0 Å². The number of piperidine rings is 1. The first kappa shape index (κ1) is 18.5. The number of nitrogens with zero attached hydrogens (tertiary/aromatic N) is 1. The lowest BCUT2D eigenvalue weighted by Crippen LogP contribution is -2.53. The van der Waals surface area contributed by atoms with Crippen molar-refractivity contribution in [3.8, 4) is 0 Å². The van der Waals surface area contributed by atoms with Gasteiger partial charge >= 0.3 is 0 Å². The van der Waals surface area contributed by atoms with E-state index in [-0.39, 0.29) is 29.3 Å². The summed E-state index contributed by atoms with van der Waals surface area (Å²) in [6, 6.07) is 9.37. The lowest BCUT2D eigenvalue weighted by Gasteiger charge is -2.36. The molecule has 2 rings (SSSR count). The maximum Gasteiger partial charge on any atom is 0.237 e. The van der Waals surface area contributed by atoms with Gasteiger partial charge in [-0.05, 0) is 65.8 Å². The molecule has 1 atom stereocenters. The Morgan fingerprint density at radius 1 is 1.12 bits per heavy atom. The fraction of sp³-hybridized carbons (Fsp3) is 0.579. The van der Waals surface area contributed by atoms with Crippen molar-refractivity contribution in [3.63, 3.8) is 0 Å². The highest BCUT2D eigenvalue weighted by atomic mass is 16.2. The highest BCUT2D eigenvalue weighted by Crippen LogP contribution is 2.21. The molecule has 2 amide bonds. The van der Waals surface area contributed by atoms with Gasteiger partial charge in [-0.3, -0.25) is 14.5 Å². The molecule has 2 N–H and O–H groups in total. The number of carbonyl (C=O) groups is 2. The molecule has 5 heteroatoms. The zero-order valence-electron chi connectivity index (χ0n) is 15.1. The first-order valence-electron chi connectivity index (χ1n) is 8.68. The third-order valence-electron chi connectivity index (χ3n) is 4.37. The monoisotopic (exact) mass is 331 g/mol. The summed E-state index contributed by atoms with van der Waals surface area (Å²) in [5, 5.41) is 6.00. The van der Waals surface area contributed by atoms with Gasteiger partial charge in [0.05, 0.1) is 6.04 Å². The van der Waals surface area contributed by atoms with Gasteiger partial charge in [0.2, 0.25) is 11.8 Å². The molecule has 5 nitrogen and oxygen atoms in total. The van der Waals surface area contributed by atoms with Crippen LogP contribution < -0.4 is 10.6 Å². The minimum absolute atomic E-state index is 0.0133. The topological polar surface area (TPSA) is 61.4 Å². The standard InChI is InChI=1S/C19H29N3O2/c1-14(17(23)21-19(2,3)4)22-12-10-15(11-13-22)18(24)20-16-8-6-5-7-9-16/h5-9,14-15H,10-13H2,1-4H3,(H,20,24)(H,21,23). The molecule has 0 spiro atoms. The predicted octanol–water partition coefficient (Wildman–Crippen LogP) is 2.64. The van der Waals surface area contributed by atoms with Crippen molar-refractivity contribution in [2.24, 2.45) is 5.92 Å². The maximum atomic E-state index is 12.4. The number of para-hydroxylation sites is 1. The number of anilines is 1. The van der Waals surface area contributed by atoms with Crippen molar-refractivity contribution in [1.82, 2.24) is 10.2 Å². The summed E-state index contributed by atoms with van der Waals surface area (Å²) in [5.41, 5.74) is 0.613. The van der Waals surface area contributed by atoms with E-state index in [9.17, 15) is 9.59 Å². The molecule has 1 aromatic rings. The second kappa shape index (κ2) is 7.79. The van der Waals surface area contributed by atoms with Gasteiger partial charge in [0.25, 0.3) is 0 Å². The maximum absolute atomic E-state index is 12.4. The number of hydrogen-bond acceptors (Lipinski definition) is 3. The summed E-state index contributed by atoms with van der Waals surface area (Å²) >= 11 is 0. The molecule has 0 saturated carbocycles. The minimum Gasteiger partial charge on any atom is -0.350 e. The zero-order valence-corrected chi connectivity index (χ0v) is 15.1. The fourth-order valence-electron chi connectivity index (χ4n) is 2.95. The van der Waals surface area contributed by atoms with Gasteiger partial charge in [0.15, 0.2) is 0 Å². The minimum atomic E-state index is -0.223. The number of likely N-dealkylation sites (tertiary alicyclic amines) is 1. The van der Waals surface area contributed by atoms with E-state index in [0.717, 1.165) is 31.6 Å². The molecule has 1 heterocycles. The van der Waals surface area contributed by atoms with Crippen LogP contribution in [0, 0.1) is 5.92 Å². The van der Waals surface area contributed by atoms with E-state index in [4.69, 9.17) is 0 Å². The van der Waals surface area contributed by atoms with Gasteiger partial charge in [-0.15, -0.1) is 0 Å². The Morgan fingerprint density at radius 3 is 2.25 bits per heavy atom. The summed E-state index contributed by atoms with van der Waals surface area (Å²) in [5.74, 6) is 0.140. The van der Waals surface area contributed by atoms with Crippen molar-refractivity contribution < 1.29 is 9.59 Å². The molecule has 1 aliphatic heterocycles. The Kier molecular flexibility index (Phi) is 5.99. The molecule has 1 aromatic carbocycles. The summed E-state index contributed by atoms with van der Waals surface area (Å²) in [6.45, 7) is 9.43. The summed E-state index contributed by atoms with van der Waals surface area (Å²) in [4.78, 5) is 26.8. The molecule has 0 radical (unpaired) electrons. The average Bonchev–Trinajstić information content (AvgIpc) is 2.53. The van der Waals surface area contributed by atoms with Gasteiger partial charge in [0, 0.05) is 17.1 Å². The van der Waals surface area contributed by atoms with E-state index >= 15 is 0 Å². The Labute approximate surface area is 144 Å². The SMILES string of the molecule is CC(C(=O)NC(C)(C)C)N1CCC(C(=O)Nc2ccccc2)CC1. The van der Waals surface area contributed by atoms with E-state index in [1.165, 1.54) is 0 Å². The number of nitrogens with one attached hydrogen (secondary N) is 2. The summed E-state index contributed by atoms with van der Waals surface area (Å²) in [6.07, 6.45) is 1.57. The molecule has 1 aliphatic rings. The number of carbonyl (C=O) groups excluding carboxylic acids is 2. The number of rotatable bonds is 4. The lowest BCUT2D eigenvalue weighted by molar-refractivity contribution is -0.128. The molecule has 0 aliphatic carbocycles. The molecule has 1 saturated heterocycles. The largest absolute Gasteiger partial charge is 0.350 e. The van der Waals surface area contributed by atoms with Gasteiger partial charge in [0.1, 0.15) is 0 Å². The molecule has 1 fully saturated rings. The van der Waals surface area contributed by atoms with E-state index in [0.29, 0.717) is 0 Å². The highest BCUT2D eigenvalue weighted by Gasteiger charge is 2.30. The zero-order chi connectivity index (χ0) is 17.7. The summed E-state index contributed by atoms with van der Waals surface area (Å²) < 4.78 is 0. The Bertz CT molecular complexity index is 558. The quantitative estimate of drug-likeness (QED) is 0.891. The number of hydrogen-bond donors (Lipinski definition) is 2. The third-order valence-corrected chi connectivity index (χ3v) is 4.37. The van der Waals surface area contributed by atoms with Crippen LogP contribution in [0.4, 0.5) is 5.69 Å². The Balaban J connectivity index is 1.82. The molecular formula is C19H29N3O2. The second-order valence-electron chi connectivity index (χ2n) is 7.58. The molecule has 0 aromatic heterocycles. The fourth-order valence-corrected chi connectivity index (χ4v) is 2.95. The van der Waals surface area contributed by atoms with Crippen LogP contribution in [0.1, 0.15) is 40.5 Å². The van der Waals surface area contributed by atoms with Crippen molar-refractivity contribution in [1.29, 1.82) is 0 Å². The van der Waals surface area contributed by atoms with Crippen molar-refractivity contribution in [2.75, 3.05) is 18.4 Å². The van der Waals surface area contributed by atoms with Crippen LogP contribution in [0.25, 0.3) is 0 Å². The first-order chi connectivity index (χ1) is 11.3. The van der Waals surface area contributed by atoms with Crippen molar-refractivity contribution in [3.05, 3.63) is 30.3 Å². The number of amides is 2. The van der Waals surface area contributed by atoms with Crippen LogP contribution in [0.2, 0.25) is 0 Å². The third kappa shape index (κ3) is 5.34. The molecule has 0 bridgehead atoms. The van der Waals surface area contributed by atoms with Crippen molar-refractivity contribution in [2.45, 2.75) is 52.1 Å². The normalized spacial score (nSPS) is 18.0. The van der Waals surface area contributed by atoms with E-state index in [1.54, 1.807) is 0 Å². The van der Waals surface area contributed by atoms with Crippen LogP contribution in [0.3, 0.4) is 0 Å². The summed E-state index contributed by atoms with van der Waals surface area (Å²) in [7, 11) is 0. The predicted molar refractivity (Wildman–Crippen MR) is 96.7 cm³/mol. The smallest absolute Gasteiger partial charge is 0.237 e. The molecule has 24 heavy (non-hydrogen) atoms. The molecule has 132 valence electrons. The van der Waals surface area contributed by atoms with Crippen LogP contribution in [0.15, 0.2) is 30.3 Å². The molecular weight excluding hydrogens is 302 g/mol. The average molecular weight is 331 g/mol. The van der Waals surface area contributed by atoms with E-state index in [2.05, 4.69) is 15.5 Å². The second-order valence-corrected chi connectivity index (χ2v) is 7.58. The van der Waals surface area contributed by atoms with E-state index in [1.807, 2.05) is 58.0 Å². The highest BCUT2D eigenvalue weighted by molar-refractivity contribution is 5.92. The van der Waals surface area contributed by atoms with Crippen LogP contribution in [0.5, 0.6) is 0 Å². The van der Waals surface area contributed by atoms with Crippen LogP contribution in [-0.2, 0) is 9.59 Å². The number of benzene rings is 1. The van der Waals surface area contributed by atoms with E-state index < -0.39 is 0 Å². The van der Waals surface area contributed by atoms with Gasteiger partial charge in [-0.1, -0.05) is 18.2 Å². The van der Waals surface area contributed by atoms with Crippen LogP contribution >= 0.6 is 0 Å².